The Morgan fingerprint density at radius 2 is 2.00 bits per heavy atom. The molecule has 76 valence electrons. The third kappa shape index (κ3) is 2.34. The van der Waals surface area contributed by atoms with Gasteiger partial charge in [-0.25, -0.2) is 0 Å². The molecule has 0 unspecified atom stereocenters. The molecule has 2 rings (SSSR count). The average molecular weight is 190 g/mol. The van der Waals surface area contributed by atoms with Gasteiger partial charge in [-0.1, -0.05) is 45.9 Å². The van der Waals surface area contributed by atoms with Gasteiger partial charge in [0.05, 0.1) is 11.5 Å². The van der Waals surface area contributed by atoms with Gasteiger partial charge in [0.1, 0.15) is 0 Å². The molecule has 0 radical (unpaired) electrons. The quantitative estimate of drug-likeness (QED) is 0.661. The van der Waals surface area contributed by atoms with Crippen molar-refractivity contribution in [3.63, 3.8) is 0 Å². The zero-order valence-corrected chi connectivity index (χ0v) is 9.33. The molecule has 2 heteroatoms. The molecule has 14 heavy (non-hydrogen) atoms. The summed E-state index contributed by atoms with van der Waals surface area (Å²) in [5.41, 5.74) is 0.131. The number of fused-ring (bicyclic) bond motifs is 1. The van der Waals surface area contributed by atoms with Crippen molar-refractivity contribution in [3.05, 3.63) is 28.9 Å². The van der Waals surface area contributed by atoms with Crippen LogP contribution in [0.2, 0.25) is 0 Å². The maximum absolute atomic E-state index is 3.99. The highest BCUT2D eigenvalue weighted by Gasteiger charge is 2.10. The van der Waals surface area contributed by atoms with Crippen LogP contribution in [0.15, 0.2) is 18.3 Å². The number of nitrogens with one attached hydrogen (secondary N) is 1. The van der Waals surface area contributed by atoms with Crippen LogP contribution >= 0.6 is 0 Å². The summed E-state index contributed by atoms with van der Waals surface area (Å²) in [6.07, 6.45) is 10.4. The van der Waals surface area contributed by atoms with E-state index in [1.54, 1.807) is 0 Å². The summed E-state index contributed by atoms with van der Waals surface area (Å²) in [4.78, 5) is 0. The first kappa shape index (κ1) is 10.8. The Kier molecular flexibility index (Phi) is 3.28. The van der Waals surface area contributed by atoms with E-state index in [1.807, 2.05) is 26.1 Å². The molecule has 1 aromatic heterocycles. The van der Waals surface area contributed by atoms with Crippen molar-refractivity contribution in [1.29, 1.82) is 0 Å². The van der Waals surface area contributed by atoms with Crippen LogP contribution in [0.25, 0.3) is 12.2 Å². The molecular formula is C12H18N2. The van der Waals surface area contributed by atoms with E-state index in [0.717, 1.165) is 5.35 Å². The lowest BCUT2D eigenvalue weighted by Gasteiger charge is -2.12. The van der Waals surface area contributed by atoms with Crippen LogP contribution in [0.4, 0.5) is 0 Å². The molecule has 1 aliphatic carbocycles. The van der Waals surface area contributed by atoms with E-state index in [4.69, 9.17) is 0 Å². The number of aromatic amines is 1. The zero-order valence-electron chi connectivity index (χ0n) is 9.33. The molecule has 1 N–H and O–H groups in total. The zero-order chi connectivity index (χ0) is 10.6. The van der Waals surface area contributed by atoms with Crippen molar-refractivity contribution >= 4 is 12.2 Å². The highest BCUT2D eigenvalue weighted by Crippen LogP contribution is 2.18. The van der Waals surface area contributed by atoms with E-state index in [0.29, 0.717) is 0 Å². The number of nitrogens with zero attached hydrogens (tertiary/aromatic N) is 1. The van der Waals surface area contributed by atoms with Crippen LogP contribution in [0.3, 0.4) is 0 Å². The first-order chi connectivity index (χ1) is 6.67. The van der Waals surface area contributed by atoms with Gasteiger partial charge >= 0.3 is 0 Å². The van der Waals surface area contributed by atoms with Gasteiger partial charge < -0.3 is 0 Å². The lowest BCUT2D eigenvalue weighted by atomic mass is 9.93. The van der Waals surface area contributed by atoms with Gasteiger partial charge in [-0.15, -0.1) is 0 Å². The summed E-state index contributed by atoms with van der Waals surface area (Å²) in [7, 11) is 0. The van der Waals surface area contributed by atoms with Crippen LogP contribution in [0, 0.1) is 5.41 Å². The molecule has 2 nitrogen and oxygen atoms in total. The van der Waals surface area contributed by atoms with E-state index in [2.05, 4.69) is 42.3 Å². The summed E-state index contributed by atoms with van der Waals surface area (Å²) in [6.45, 7) is 8.36. The molecule has 1 aromatic rings. The highest BCUT2D eigenvalue weighted by atomic mass is 15.1. The van der Waals surface area contributed by atoms with Crippen molar-refractivity contribution in [2.45, 2.75) is 27.7 Å². The second-order valence-electron chi connectivity index (χ2n) is 3.73. The number of aromatic nitrogens is 2. The molecule has 1 aliphatic rings. The Hall–Kier alpha value is -1.31. The normalized spacial score (nSPS) is 16.6. The predicted molar refractivity (Wildman–Crippen MR) is 61.0 cm³/mol. The van der Waals surface area contributed by atoms with Crippen molar-refractivity contribution in [2.75, 3.05) is 0 Å². The molecule has 0 amide bonds. The largest absolute Gasteiger partial charge is 0.278 e. The third-order valence-electron chi connectivity index (χ3n) is 2.02. The van der Waals surface area contributed by atoms with Crippen molar-refractivity contribution in [3.8, 4) is 0 Å². The Balaban J connectivity index is 0.000000461. The fourth-order valence-corrected chi connectivity index (χ4v) is 1.40. The molecule has 0 aliphatic heterocycles. The lowest BCUT2D eigenvalue weighted by Crippen LogP contribution is -2.23. The number of hydrogen-bond donors (Lipinski definition) is 1. The van der Waals surface area contributed by atoms with Crippen LogP contribution in [-0.2, 0) is 0 Å². The van der Waals surface area contributed by atoms with E-state index < -0.39 is 0 Å². The molecule has 0 fully saturated rings. The van der Waals surface area contributed by atoms with E-state index in [1.165, 1.54) is 5.22 Å². The van der Waals surface area contributed by atoms with Crippen molar-refractivity contribution < 1.29 is 0 Å². The first-order valence-corrected chi connectivity index (χ1v) is 5.09. The molecule has 0 saturated carbocycles. The highest BCUT2D eigenvalue weighted by molar-refractivity contribution is 5.46. The number of rotatable bonds is 0. The standard InChI is InChI=1S/C10H12N2.C2H6/c1-10(2)5-3-4-9-8(6-10)7-11-12-9;1-2/h3-7,12H,1-2H3;1-2H3. The minimum absolute atomic E-state index is 0.131. The maximum Gasteiger partial charge on any atom is 0.0647 e. The van der Waals surface area contributed by atoms with Crippen molar-refractivity contribution in [1.82, 2.24) is 10.2 Å². The molecule has 0 saturated heterocycles. The number of hydrogen-bond acceptors (Lipinski definition) is 1. The molecule has 0 aromatic carbocycles. The van der Waals surface area contributed by atoms with E-state index in [-0.39, 0.29) is 5.41 Å². The number of allylic oxidation sites excluding steroid dienone is 2. The third-order valence-corrected chi connectivity index (χ3v) is 2.02. The smallest absolute Gasteiger partial charge is 0.0647 e. The minimum Gasteiger partial charge on any atom is -0.278 e. The fourth-order valence-electron chi connectivity index (χ4n) is 1.40. The number of H-pyrrole nitrogens is 1. The summed E-state index contributed by atoms with van der Waals surface area (Å²) >= 11 is 0. The van der Waals surface area contributed by atoms with Crippen LogP contribution in [0.1, 0.15) is 27.7 Å². The minimum atomic E-state index is 0.131. The molecule has 0 spiro atoms. The van der Waals surface area contributed by atoms with Gasteiger partial charge in [0.2, 0.25) is 0 Å². The summed E-state index contributed by atoms with van der Waals surface area (Å²) in [5, 5.41) is 9.22. The van der Waals surface area contributed by atoms with Gasteiger partial charge in [0.25, 0.3) is 0 Å². The van der Waals surface area contributed by atoms with Crippen LogP contribution in [0.5, 0.6) is 0 Å². The lowest BCUT2D eigenvalue weighted by molar-refractivity contribution is 0.671. The Labute approximate surface area is 85.0 Å². The SMILES string of the molecule is CC.CC1(C)C=CC=c2[nH]ncc2=C1. The second kappa shape index (κ2) is 4.27. The molecule has 0 bridgehead atoms. The summed E-state index contributed by atoms with van der Waals surface area (Å²) in [6, 6.07) is 0. The monoisotopic (exact) mass is 190 g/mol. The first-order valence-electron chi connectivity index (χ1n) is 5.09. The second-order valence-corrected chi connectivity index (χ2v) is 3.73. The van der Waals surface area contributed by atoms with Gasteiger partial charge in [-0.2, -0.15) is 5.10 Å². The van der Waals surface area contributed by atoms with Crippen LogP contribution < -0.4 is 10.6 Å². The molecule has 1 heterocycles. The van der Waals surface area contributed by atoms with Crippen molar-refractivity contribution in [2.24, 2.45) is 5.41 Å². The predicted octanol–water partition coefficient (Wildman–Crippen LogP) is 1.59. The fraction of sp³-hybridized carbons (Fsp3) is 0.417. The van der Waals surface area contributed by atoms with E-state index >= 15 is 0 Å². The summed E-state index contributed by atoms with van der Waals surface area (Å²) < 4.78 is 0. The van der Waals surface area contributed by atoms with Gasteiger partial charge in [-0.05, 0) is 6.08 Å². The maximum atomic E-state index is 3.99. The molecular weight excluding hydrogens is 172 g/mol. The van der Waals surface area contributed by atoms with Crippen LogP contribution in [-0.4, -0.2) is 10.2 Å². The van der Waals surface area contributed by atoms with E-state index in [9.17, 15) is 0 Å². The molecule has 0 atom stereocenters. The Bertz CT molecular complexity index is 421. The van der Waals surface area contributed by atoms with Gasteiger partial charge in [0, 0.05) is 10.6 Å². The topological polar surface area (TPSA) is 28.7 Å². The average Bonchev–Trinajstić information content (AvgIpc) is 2.50. The Morgan fingerprint density at radius 1 is 1.29 bits per heavy atom. The van der Waals surface area contributed by atoms with Gasteiger partial charge in [0.15, 0.2) is 0 Å². The summed E-state index contributed by atoms with van der Waals surface area (Å²) in [5.74, 6) is 0. The van der Waals surface area contributed by atoms with Gasteiger partial charge in [-0.3, -0.25) is 5.10 Å². The Morgan fingerprint density at radius 3 is 2.71 bits per heavy atom.